The topological polar surface area (TPSA) is 26.3 Å². The van der Waals surface area contributed by atoms with Crippen LogP contribution in [-0.4, -0.2) is 5.97 Å². The molecule has 1 aliphatic carbocycles. The van der Waals surface area contributed by atoms with Gasteiger partial charge in [-0.3, -0.25) is 4.79 Å². The zero-order valence-electron chi connectivity index (χ0n) is 11.3. The summed E-state index contributed by atoms with van der Waals surface area (Å²) in [5, 5.41) is 0. The molecular weight excluding hydrogens is 288 g/mol. The Morgan fingerprint density at radius 1 is 1.29 bits per heavy atom. The Morgan fingerprint density at radius 2 is 1.81 bits per heavy atom. The SMILES string of the molecule is C#C[C@@H]1[C@@H](C(=O)OCc2c(F)c(F)cc(F)c2F)C1(C)C. The van der Waals surface area contributed by atoms with Gasteiger partial charge < -0.3 is 4.74 Å². The Balaban J connectivity index is 2.12. The highest BCUT2D eigenvalue weighted by Gasteiger charge is 2.62. The molecule has 0 unspecified atom stereocenters. The van der Waals surface area contributed by atoms with E-state index < -0.39 is 52.7 Å². The molecule has 0 amide bonds. The van der Waals surface area contributed by atoms with E-state index in [-0.39, 0.29) is 12.0 Å². The summed E-state index contributed by atoms with van der Waals surface area (Å²) in [5.41, 5.74) is -1.42. The average Bonchev–Trinajstić information content (AvgIpc) is 2.98. The largest absolute Gasteiger partial charge is 0.460 e. The summed E-state index contributed by atoms with van der Waals surface area (Å²) >= 11 is 0. The molecule has 1 fully saturated rings. The Morgan fingerprint density at radius 3 is 2.24 bits per heavy atom. The van der Waals surface area contributed by atoms with E-state index in [0.717, 1.165) is 0 Å². The van der Waals surface area contributed by atoms with E-state index in [2.05, 4.69) is 5.92 Å². The van der Waals surface area contributed by atoms with Crippen LogP contribution >= 0.6 is 0 Å². The van der Waals surface area contributed by atoms with E-state index in [1.807, 2.05) is 0 Å². The fourth-order valence-electron chi connectivity index (χ4n) is 2.37. The van der Waals surface area contributed by atoms with Crippen molar-refractivity contribution in [3.63, 3.8) is 0 Å². The van der Waals surface area contributed by atoms with E-state index in [0.29, 0.717) is 0 Å². The number of rotatable bonds is 3. The van der Waals surface area contributed by atoms with Crippen LogP contribution in [0.2, 0.25) is 0 Å². The number of ether oxygens (including phenoxy) is 1. The predicted octanol–water partition coefficient (Wildman–Crippen LogP) is 3.19. The summed E-state index contributed by atoms with van der Waals surface area (Å²) in [6.07, 6.45) is 5.26. The average molecular weight is 300 g/mol. The third-order valence-electron chi connectivity index (χ3n) is 3.82. The number of carbonyl (C=O) groups excluding carboxylic acids is 1. The first-order valence-electron chi connectivity index (χ1n) is 6.16. The van der Waals surface area contributed by atoms with Crippen LogP contribution in [0.15, 0.2) is 6.07 Å². The van der Waals surface area contributed by atoms with Crippen molar-refractivity contribution in [2.45, 2.75) is 20.5 Å². The van der Waals surface area contributed by atoms with Gasteiger partial charge in [-0.25, -0.2) is 17.6 Å². The first kappa shape index (κ1) is 15.4. The van der Waals surface area contributed by atoms with Gasteiger partial charge in [0.1, 0.15) is 6.61 Å². The highest BCUT2D eigenvalue weighted by molar-refractivity contribution is 5.78. The lowest BCUT2D eigenvalue weighted by Gasteiger charge is -2.08. The van der Waals surface area contributed by atoms with Gasteiger partial charge in [0.25, 0.3) is 0 Å². The van der Waals surface area contributed by atoms with E-state index in [4.69, 9.17) is 11.2 Å². The lowest BCUT2D eigenvalue weighted by atomic mass is 10.1. The van der Waals surface area contributed by atoms with Crippen LogP contribution in [0.4, 0.5) is 17.6 Å². The molecule has 1 saturated carbocycles. The molecule has 2 rings (SSSR count). The Hall–Kier alpha value is -2.03. The number of carbonyl (C=O) groups is 1. The molecule has 0 heterocycles. The van der Waals surface area contributed by atoms with Gasteiger partial charge in [0.2, 0.25) is 0 Å². The second-order valence-electron chi connectivity index (χ2n) is 5.50. The molecule has 1 aromatic rings. The highest BCUT2D eigenvalue weighted by Crippen LogP contribution is 2.58. The molecule has 112 valence electrons. The van der Waals surface area contributed by atoms with Crippen LogP contribution in [0.25, 0.3) is 0 Å². The first-order valence-corrected chi connectivity index (χ1v) is 6.16. The Bertz CT molecular complexity index is 620. The van der Waals surface area contributed by atoms with Gasteiger partial charge in [-0.2, -0.15) is 0 Å². The van der Waals surface area contributed by atoms with E-state index in [1.54, 1.807) is 13.8 Å². The minimum absolute atomic E-state index is 0.0916. The van der Waals surface area contributed by atoms with Crippen molar-refractivity contribution >= 4 is 5.97 Å². The molecule has 0 spiro atoms. The molecular formula is C15H12F4O2. The zero-order chi connectivity index (χ0) is 15.9. The van der Waals surface area contributed by atoms with Crippen molar-refractivity contribution < 1.29 is 27.1 Å². The number of esters is 1. The van der Waals surface area contributed by atoms with Gasteiger partial charge in [-0.05, 0) is 5.41 Å². The predicted molar refractivity (Wildman–Crippen MR) is 65.7 cm³/mol. The maximum Gasteiger partial charge on any atom is 0.311 e. The van der Waals surface area contributed by atoms with Crippen LogP contribution < -0.4 is 0 Å². The van der Waals surface area contributed by atoms with Crippen molar-refractivity contribution in [1.82, 2.24) is 0 Å². The molecule has 1 aromatic carbocycles. The van der Waals surface area contributed by atoms with Gasteiger partial charge >= 0.3 is 5.97 Å². The molecule has 0 radical (unpaired) electrons. The van der Waals surface area contributed by atoms with Crippen molar-refractivity contribution in [1.29, 1.82) is 0 Å². The van der Waals surface area contributed by atoms with E-state index in [1.165, 1.54) is 0 Å². The molecule has 6 heteroatoms. The fourth-order valence-corrected chi connectivity index (χ4v) is 2.37. The van der Waals surface area contributed by atoms with Gasteiger partial charge in [0, 0.05) is 12.0 Å². The van der Waals surface area contributed by atoms with Crippen LogP contribution in [0, 0.1) is 52.9 Å². The number of halogens is 4. The maximum atomic E-state index is 13.4. The van der Waals surface area contributed by atoms with E-state index >= 15 is 0 Å². The molecule has 2 atom stereocenters. The number of terminal acetylenes is 1. The molecule has 21 heavy (non-hydrogen) atoms. The standard InChI is InChI=1S/C15H12F4O2/c1-4-8-11(15(8,2)3)14(20)21-6-7-12(18)9(16)5-10(17)13(7)19/h1,5,8,11H,6H2,2-3H3/t8-,11+/m1/s1. The van der Waals surface area contributed by atoms with Gasteiger partial charge in [0.05, 0.1) is 11.5 Å². The summed E-state index contributed by atoms with van der Waals surface area (Å²) in [4.78, 5) is 11.8. The second-order valence-corrected chi connectivity index (χ2v) is 5.50. The van der Waals surface area contributed by atoms with Crippen molar-refractivity contribution in [3.8, 4) is 12.3 Å². The van der Waals surface area contributed by atoms with E-state index in [9.17, 15) is 22.4 Å². The molecule has 2 nitrogen and oxygen atoms in total. The smallest absolute Gasteiger partial charge is 0.311 e. The summed E-state index contributed by atoms with van der Waals surface area (Å²) in [6.45, 7) is 2.62. The number of benzene rings is 1. The van der Waals surface area contributed by atoms with Crippen molar-refractivity contribution in [2.24, 2.45) is 17.3 Å². The first-order chi connectivity index (χ1) is 9.71. The fraction of sp³-hybridized carbons (Fsp3) is 0.400. The number of hydrogen-bond donors (Lipinski definition) is 0. The zero-order valence-corrected chi connectivity index (χ0v) is 11.3. The van der Waals surface area contributed by atoms with Gasteiger partial charge in [-0.1, -0.05) is 13.8 Å². The number of hydrogen-bond acceptors (Lipinski definition) is 2. The highest BCUT2D eigenvalue weighted by atomic mass is 19.2. The normalized spacial score (nSPS) is 22.5. The Labute approximate surface area is 119 Å². The quantitative estimate of drug-likeness (QED) is 0.371. The summed E-state index contributed by atoms with van der Waals surface area (Å²) in [5.74, 6) is -5.49. The lowest BCUT2D eigenvalue weighted by molar-refractivity contribution is -0.147. The lowest BCUT2D eigenvalue weighted by Crippen LogP contribution is -2.13. The van der Waals surface area contributed by atoms with Gasteiger partial charge in [0.15, 0.2) is 23.3 Å². The maximum absolute atomic E-state index is 13.4. The molecule has 0 saturated heterocycles. The minimum Gasteiger partial charge on any atom is -0.460 e. The van der Waals surface area contributed by atoms with Crippen molar-refractivity contribution in [3.05, 3.63) is 34.9 Å². The summed E-state index contributed by atoms with van der Waals surface area (Å²) < 4.78 is 57.6. The van der Waals surface area contributed by atoms with Crippen LogP contribution in [0.3, 0.4) is 0 Å². The third-order valence-corrected chi connectivity index (χ3v) is 3.82. The van der Waals surface area contributed by atoms with Crippen LogP contribution in [-0.2, 0) is 16.1 Å². The summed E-state index contributed by atoms with van der Waals surface area (Å²) in [7, 11) is 0. The molecule has 0 bridgehead atoms. The molecule has 0 N–H and O–H groups in total. The molecule has 0 aromatic heterocycles. The Kier molecular flexibility index (Phi) is 3.70. The van der Waals surface area contributed by atoms with Crippen molar-refractivity contribution in [2.75, 3.05) is 0 Å². The summed E-state index contributed by atoms with van der Waals surface area (Å²) in [6, 6.07) is 0.0916. The second kappa shape index (κ2) is 5.06. The minimum atomic E-state index is -1.58. The van der Waals surface area contributed by atoms with Gasteiger partial charge in [-0.15, -0.1) is 12.3 Å². The molecule has 0 aliphatic heterocycles. The van der Waals surface area contributed by atoms with Crippen LogP contribution in [0.5, 0.6) is 0 Å². The monoisotopic (exact) mass is 300 g/mol. The molecule has 1 aliphatic rings. The van der Waals surface area contributed by atoms with Crippen LogP contribution in [0.1, 0.15) is 19.4 Å². The third kappa shape index (κ3) is 2.48.